The summed E-state index contributed by atoms with van der Waals surface area (Å²) in [5, 5.41) is 3.86. The first-order chi connectivity index (χ1) is 21.5. The van der Waals surface area contributed by atoms with Crippen LogP contribution in [0.2, 0.25) is 15.1 Å². The normalized spacial score (nSPS) is 11.9. The molecule has 0 aliphatic carbocycles. The van der Waals surface area contributed by atoms with Crippen LogP contribution in [0.25, 0.3) is 0 Å². The summed E-state index contributed by atoms with van der Waals surface area (Å²) in [6.07, 6.45) is 0.896. The molecule has 0 heterocycles. The summed E-state index contributed by atoms with van der Waals surface area (Å²) < 4.78 is 29.2. The first kappa shape index (κ1) is 34.3. The van der Waals surface area contributed by atoms with Crippen LogP contribution < -0.4 is 9.62 Å². The highest BCUT2D eigenvalue weighted by Gasteiger charge is 2.34. The van der Waals surface area contributed by atoms with Gasteiger partial charge in [-0.3, -0.25) is 13.9 Å². The van der Waals surface area contributed by atoms with E-state index in [-0.39, 0.29) is 29.5 Å². The summed E-state index contributed by atoms with van der Waals surface area (Å²) in [7, 11) is -4.23. The Hall–Kier alpha value is -3.56. The van der Waals surface area contributed by atoms with Crippen LogP contribution in [0.5, 0.6) is 0 Å². The maximum Gasteiger partial charge on any atom is 0.264 e. The Morgan fingerprint density at radius 3 is 2.18 bits per heavy atom. The summed E-state index contributed by atoms with van der Waals surface area (Å²) in [6, 6.07) is 26.0. The van der Waals surface area contributed by atoms with Crippen molar-refractivity contribution < 1.29 is 18.0 Å². The SMILES string of the molecule is CCCNC(=O)[C@@H](Cc1ccccc1)N(Cc1ccc(Cl)c(Cl)c1)C(=O)CN(c1cccc(Cl)c1)S(=O)(=O)c1ccc(C)cc1. The summed E-state index contributed by atoms with van der Waals surface area (Å²) in [5.41, 5.74) is 2.55. The van der Waals surface area contributed by atoms with E-state index in [4.69, 9.17) is 34.8 Å². The van der Waals surface area contributed by atoms with Gasteiger partial charge in [-0.1, -0.05) is 102 Å². The van der Waals surface area contributed by atoms with Gasteiger partial charge < -0.3 is 10.2 Å². The van der Waals surface area contributed by atoms with E-state index in [2.05, 4.69) is 5.32 Å². The van der Waals surface area contributed by atoms with Gasteiger partial charge in [0.05, 0.1) is 20.6 Å². The van der Waals surface area contributed by atoms with Gasteiger partial charge in [0.1, 0.15) is 12.6 Å². The van der Waals surface area contributed by atoms with Gasteiger partial charge in [0, 0.05) is 24.5 Å². The molecule has 0 aliphatic rings. The Balaban J connectivity index is 1.81. The van der Waals surface area contributed by atoms with E-state index in [1.54, 1.807) is 48.5 Å². The maximum absolute atomic E-state index is 14.5. The van der Waals surface area contributed by atoms with E-state index in [0.29, 0.717) is 33.6 Å². The second-order valence-electron chi connectivity index (χ2n) is 10.6. The lowest BCUT2D eigenvalue weighted by atomic mass is 10.0. The zero-order valence-electron chi connectivity index (χ0n) is 24.9. The molecule has 45 heavy (non-hydrogen) atoms. The molecule has 0 unspecified atom stereocenters. The summed E-state index contributed by atoms with van der Waals surface area (Å²) in [6.45, 7) is 3.58. The number of anilines is 1. The highest BCUT2D eigenvalue weighted by atomic mass is 35.5. The van der Waals surface area contributed by atoms with Gasteiger partial charge >= 0.3 is 0 Å². The van der Waals surface area contributed by atoms with Crippen molar-refractivity contribution in [2.75, 3.05) is 17.4 Å². The monoisotopic (exact) mass is 685 g/mol. The number of benzene rings is 4. The Kier molecular flexibility index (Phi) is 11.9. The van der Waals surface area contributed by atoms with Crippen molar-refractivity contribution in [3.63, 3.8) is 0 Å². The van der Waals surface area contributed by atoms with Crippen LogP contribution >= 0.6 is 34.8 Å². The van der Waals surface area contributed by atoms with Crippen LogP contribution in [-0.2, 0) is 32.6 Å². The minimum atomic E-state index is -4.23. The molecule has 1 atom stereocenters. The zero-order chi connectivity index (χ0) is 32.6. The minimum absolute atomic E-state index is 0.0124. The van der Waals surface area contributed by atoms with Crippen molar-refractivity contribution in [3.05, 3.63) is 129 Å². The lowest BCUT2D eigenvalue weighted by molar-refractivity contribution is -0.140. The molecule has 0 aromatic heterocycles. The number of hydrogen-bond donors (Lipinski definition) is 1. The number of sulfonamides is 1. The average molecular weight is 687 g/mol. The van der Waals surface area contributed by atoms with Gasteiger partial charge in [-0.15, -0.1) is 0 Å². The maximum atomic E-state index is 14.5. The number of carbonyl (C=O) groups is 2. The number of nitrogens with zero attached hydrogens (tertiary/aromatic N) is 2. The topological polar surface area (TPSA) is 86.8 Å². The van der Waals surface area contributed by atoms with Gasteiger partial charge in [-0.25, -0.2) is 8.42 Å². The molecule has 0 saturated heterocycles. The summed E-state index contributed by atoms with van der Waals surface area (Å²) >= 11 is 18.8. The van der Waals surface area contributed by atoms with Gasteiger partial charge in [0.15, 0.2) is 0 Å². The smallest absolute Gasteiger partial charge is 0.264 e. The van der Waals surface area contributed by atoms with Crippen LogP contribution in [0.4, 0.5) is 5.69 Å². The molecule has 7 nitrogen and oxygen atoms in total. The number of hydrogen-bond acceptors (Lipinski definition) is 4. The van der Waals surface area contributed by atoms with Crippen LogP contribution in [0.3, 0.4) is 0 Å². The fourth-order valence-electron chi connectivity index (χ4n) is 4.75. The molecular formula is C34H34Cl3N3O4S. The quantitative estimate of drug-likeness (QED) is 0.160. The number of halogens is 3. The van der Waals surface area contributed by atoms with E-state index >= 15 is 0 Å². The van der Waals surface area contributed by atoms with Gasteiger partial charge in [0.25, 0.3) is 10.0 Å². The zero-order valence-corrected chi connectivity index (χ0v) is 28.0. The van der Waals surface area contributed by atoms with Crippen molar-refractivity contribution in [1.29, 1.82) is 0 Å². The third-order valence-electron chi connectivity index (χ3n) is 7.14. The highest BCUT2D eigenvalue weighted by Crippen LogP contribution is 2.28. The molecule has 4 rings (SSSR count). The Bertz CT molecular complexity index is 1740. The third kappa shape index (κ3) is 9.01. The fourth-order valence-corrected chi connectivity index (χ4v) is 6.66. The third-order valence-corrected chi connectivity index (χ3v) is 9.90. The van der Waals surface area contributed by atoms with Crippen LogP contribution in [0.1, 0.15) is 30.0 Å². The van der Waals surface area contributed by atoms with Crippen molar-refractivity contribution >= 4 is 62.3 Å². The standard InChI is InChI=1S/C34H34Cl3N3O4S/c1-3-18-38-34(42)32(20-25-8-5-4-6-9-25)39(22-26-14-17-30(36)31(37)19-26)33(41)23-40(28-11-7-10-27(35)21-28)45(43,44)29-15-12-24(2)13-16-29/h4-17,19,21,32H,3,18,20,22-23H2,1-2H3,(H,38,42)/t32-/m1/s1. The van der Waals surface area contributed by atoms with E-state index in [9.17, 15) is 18.0 Å². The Labute approximate surface area is 279 Å². The largest absolute Gasteiger partial charge is 0.354 e. The van der Waals surface area contributed by atoms with E-state index in [1.165, 1.54) is 23.1 Å². The highest BCUT2D eigenvalue weighted by molar-refractivity contribution is 7.92. The number of rotatable bonds is 13. The Morgan fingerprint density at radius 1 is 0.822 bits per heavy atom. The second kappa shape index (κ2) is 15.6. The van der Waals surface area contributed by atoms with Gasteiger partial charge in [-0.05, 0) is 66.9 Å². The molecule has 0 bridgehead atoms. The van der Waals surface area contributed by atoms with Gasteiger partial charge in [0.2, 0.25) is 11.8 Å². The van der Waals surface area contributed by atoms with E-state index < -0.39 is 28.5 Å². The Morgan fingerprint density at radius 2 is 1.53 bits per heavy atom. The lowest BCUT2D eigenvalue weighted by Crippen LogP contribution is -2.53. The molecule has 1 N–H and O–H groups in total. The number of carbonyl (C=O) groups excluding carboxylic acids is 2. The van der Waals surface area contributed by atoms with Crippen molar-refractivity contribution in [2.45, 2.75) is 44.2 Å². The molecule has 0 spiro atoms. The molecule has 0 saturated carbocycles. The van der Waals surface area contributed by atoms with Crippen LogP contribution in [0, 0.1) is 6.92 Å². The van der Waals surface area contributed by atoms with Crippen molar-refractivity contribution in [1.82, 2.24) is 10.2 Å². The van der Waals surface area contributed by atoms with Crippen molar-refractivity contribution in [2.24, 2.45) is 0 Å². The molecule has 0 fully saturated rings. The number of aryl methyl sites for hydroxylation is 1. The predicted molar refractivity (Wildman–Crippen MR) is 181 cm³/mol. The molecule has 0 radical (unpaired) electrons. The molecule has 4 aromatic carbocycles. The summed E-state index contributed by atoms with van der Waals surface area (Å²) in [5.74, 6) is -0.950. The van der Waals surface area contributed by atoms with E-state index in [0.717, 1.165) is 15.4 Å². The predicted octanol–water partition coefficient (Wildman–Crippen LogP) is 7.32. The molecule has 4 aromatic rings. The second-order valence-corrected chi connectivity index (χ2v) is 13.7. The molecule has 236 valence electrons. The fraction of sp³-hybridized carbons (Fsp3) is 0.235. The average Bonchev–Trinajstić information content (AvgIpc) is 3.02. The molecular weight excluding hydrogens is 653 g/mol. The van der Waals surface area contributed by atoms with Crippen LogP contribution in [-0.4, -0.2) is 44.3 Å². The summed E-state index contributed by atoms with van der Waals surface area (Å²) in [4.78, 5) is 29.6. The molecule has 11 heteroatoms. The van der Waals surface area contributed by atoms with Crippen LogP contribution in [0.15, 0.2) is 102 Å². The first-order valence-electron chi connectivity index (χ1n) is 14.4. The van der Waals surface area contributed by atoms with Crippen molar-refractivity contribution in [3.8, 4) is 0 Å². The van der Waals surface area contributed by atoms with E-state index in [1.807, 2.05) is 44.2 Å². The number of nitrogens with one attached hydrogen (secondary N) is 1. The van der Waals surface area contributed by atoms with Gasteiger partial charge in [-0.2, -0.15) is 0 Å². The lowest BCUT2D eigenvalue weighted by Gasteiger charge is -2.34. The minimum Gasteiger partial charge on any atom is -0.354 e. The molecule has 0 aliphatic heterocycles. The first-order valence-corrected chi connectivity index (χ1v) is 17.0. The number of amides is 2. The molecule has 2 amide bonds.